The molecule has 0 amide bonds. The minimum Gasteiger partial charge on any atom is -0.463 e. The van der Waals surface area contributed by atoms with E-state index in [0.29, 0.717) is 36.6 Å². The Balaban J connectivity index is 1.11. The number of ketones is 2. The highest BCUT2D eigenvalue weighted by Crippen LogP contribution is 2.59. The summed E-state index contributed by atoms with van der Waals surface area (Å²) in [5.41, 5.74) is 14.4. The molecule has 3 aromatic rings. The van der Waals surface area contributed by atoms with Crippen molar-refractivity contribution in [1.29, 1.82) is 0 Å². The standard InChI is InChI=1S/C51H65N9O5/c1-7-56-39-25-33-12-9-8-11-32(33)24-35(39)29-64-47(63)51-45(62)43-34(27-49(3,4)26-31-15-17-41(52)58-28-31)13-10-14-38(43)44(61)50(51,65-51)21-19-30(2)23-40(59-48(53)55-6)36-20-22-57-46-37(36)16-18-42(54-5)60-46/h9-10,12-15,17,19-20,22,25,28,32,35,39-40,42,54,56H,7-8,11,16,18,21,23-24,26-27,29H2,1-6H3,(H2,52,58)(H,57,60)(H3,53,55,59)/b30-19+/t32-,35-,39+,40+,42+,50-,51-/m0/s1. The Morgan fingerprint density at radius 1 is 1.14 bits per heavy atom. The van der Waals surface area contributed by atoms with E-state index in [4.69, 9.17) is 20.9 Å². The number of aromatic nitrogens is 2. The van der Waals surface area contributed by atoms with Gasteiger partial charge in [-0.15, -0.1) is 0 Å². The minimum absolute atomic E-state index is 0.00825. The first kappa shape index (κ1) is 45.9. The van der Waals surface area contributed by atoms with Crippen molar-refractivity contribution < 1.29 is 23.9 Å². The molecule has 1 fully saturated rings. The lowest BCUT2D eigenvalue weighted by atomic mass is 9.69. The molecule has 0 spiro atoms. The third kappa shape index (κ3) is 9.00. The molecule has 4 heterocycles. The van der Waals surface area contributed by atoms with Crippen LogP contribution in [-0.4, -0.2) is 84.1 Å². The number of carbonyl (C=O) groups is 3. The number of esters is 1. The van der Waals surface area contributed by atoms with E-state index in [1.54, 1.807) is 31.6 Å². The largest absolute Gasteiger partial charge is 0.463 e. The number of nitrogens with one attached hydrogen (secondary N) is 4. The van der Waals surface area contributed by atoms with Crippen molar-refractivity contribution in [3.63, 3.8) is 0 Å². The number of ether oxygens (including phenoxy) is 2. The van der Waals surface area contributed by atoms with Gasteiger partial charge >= 0.3 is 5.97 Å². The van der Waals surface area contributed by atoms with Crippen LogP contribution in [0.3, 0.4) is 0 Å². The number of hydrogen-bond donors (Lipinski definition) is 6. The predicted octanol–water partition coefficient (Wildman–Crippen LogP) is 6.10. The van der Waals surface area contributed by atoms with Crippen molar-refractivity contribution in [3.8, 4) is 0 Å². The summed E-state index contributed by atoms with van der Waals surface area (Å²) < 4.78 is 12.7. The van der Waals surface area contributed by atoms with E-state index >= 15 is 9.59 Å². The summed E-state index contributed by atoms with van der Waals surface area (Å²) in [6.45, 7) is 9.09. The van der Waals surface area contributed by atoms with Crippen LogP contribution in [0.25, 0.3) is 0 Å². The first-order valence-corrected chi connectivity index (χ1v) is 23.2. The summed E-state index contributed by atoms with van der Waals surface area (Å²) >= 11 is 0. The molecule has 1 aromatic carbocycles. The van der Waals surface area contributed by atoms with Crippen molar-refractivity contribution in [2.45, 2.75) is 115 Å². The SMILES string of the molecule is CCN[C@@H]1C=C2C=CCC[C@H]2C[C@H]1COC(=O)[C@]12O[C@@]1(C/C=C(\C)C[C@@H](NC(N)=NC)c1ccnc3c1CC[C@H](NC)N3)C(=O)c1cccc(CC(C)(C)Cc3ccc(N)nc3)c1C2=O. The zero-order valence-corrected chi connectivity index (χ0v) is 38.6. The number of Topliss-reactive ketones (excluding diaryl/α,β-unsaturated/α-hetero) is 2. The smallest absolute Gasteiger partial charge is 0.350 e. The number of fused-ring (bicyclic) bond motifs is 4. The number of rotatable bonds is 16. The molecule has 344 valence electrons. The molecule has 8 rings (SSSR count). The van der Waals surface area contributed by atoms with Crippen molar-refractivity contribution in [1.82, 2.24) is 25.9 Å². The quantitative estimate of drug-likeness (QED) is 0.0240. The summed E-state index contributed by atoms with van der Waals surface area (Å²) in [4.78, 5) is 58.4. The van der Waals surface area contributed by atoms with E-state index in [0.717, 1.165) is 66.7 Å². The van der Waals surface area contributed by atoms with Crippen LogP contribution in [0.4, 0.5) is 11.6 Å². The van der Waals surface area contributed by atoms with Gasteiger partial charge in [-0.05, 0) is 123 Å². The Morgan fingerprint density at radius 2 is 1.97 bits per heavy atom. The van der Waals surface area contributed by atoms with Gasteiger partial charge in [0, 0.05) is 48.9 Å². The molecule has 0 saturated carbocycles. The number of nitrogen functional groups attached to an aromatic ring is 1. The number of nitrogens with two attached hydrogens (primary N) is 2. The van der Waals surface area contributed by atoms with E-state index < -0.39 is 28.7 Å². The van der Waals surface area contributed by atoms with E-state index in [9.17, 15) is 4.79 Å². The van der Waals surface area contributed by atoms with Gasteiger partial charge in [0.25, 0.3) is 5.60 Å². The Morgan fingerprint density at radius 3 is 2.72 bits per heavy atom. The number of hydrogen-bond acceptors (Lipinski definition) is 12. The summed E-state index contributed by atoms with van der Waals surface area (Å²) in [6.07, 6.45) is 18.4. The fourth-order valence-corrected chi connectivity index (χ4v) is 10.7. The van der Waals surface area contributed by atoms with Crippen LogP contribution >= 0.6 is 0 Å². The van der Waals surface area contributed by atoms with E-state index in [2.05, 4.69) is 75.2 Å². The van der Waals surface area contributed by atoms with Gasteiger partial charge in [0.1, 0.15) is 11.6 Å². The van der Waals surface area contributed by atoms with Crippen LogP contribution in [0.2, 0.25) is 0 Å². The fourth-order valence-electron chi connectivity index (χ4n) is 10.7. The van der Waals surface area contributed by atoms with Crippen molar-refractivity contribution in [2.75, 3.05) is 38.3 Å². The van der Waals surface area contributed by atoms with Gasteiger partial charge in [-0.25, -0.2) is 14.8 Å². The number of anilines is 2. The molecular formula is C51H65N9O5. The first-order chi connectivity index (χ1) is 31.2. The highest BCUT2D eigenvalue weighted by molar-refractivity contribution is 6.33. The van der Waals surface area contributed by atoms with E-state index in [-0.39, 0.29) is 59.7 Å². The highest BCUT2D eigenvalue weighted by atomic mass is 16.7. The Kier molecular flexibility index (Phi) is 13.2. The molecule has 3 aliphatic carbocycles. The first-order valence-electron chi connectivity index (χ1n) is 23.2. The molecule has 7 atom stereocenters. The van der Waals surface area contributed by atoms with Crippen LogP contribution in [0.1, 0.15) is 115 Å². The lowest BCUT2D eigenvalue weighted by molar-refractivity contribution is -0.150. The minimum atomic E-state index is -2.14. The molecule has 0 radical (unpaired) electrons. The number of pyridine rings is 2. The lowest BCUT2D eigenvalue weighted by Crippen LogP contribution is -2.51. The average molecular weight is 884 g/mol. The zero-order valence-electron chi connectivity index (χ0n) is 38.6. The van der Waals surface area contributed by atoms with Crippen molar-refractivity contribution >= 4 is 35.1 Å². The highest BCUT2D eigenvalue weighted by Gasteiger charge is 2.85. The van der Waals surface area contributed by atoms with E-state index in [1.165, 1.54) is 5.57 Å². The van der Waals surface area contributed by atoms with Gasteiger partial charge < -0.3 is 42.2 Å². The average Bonchev–Trinajstić information content (AvgIpc) is 4.01. The van der Waals surface area contributed by atoms with Crippen molar-refractivity contribution in [3.05, 3.63) is 118 Å². The molecule has 14 nitrogen and oxygen atoms in total. The van der Waals surface area contributed by atoms with Crippen LogP contribution in [0.15, 0.2) is 89.2 Å². The molecule has 1 saturated heterocycles. The summed E-state index contributed by atoms with van der Waals surface area (Å²) in [7, 11) is 3.55. The van der Waals surface area contributed by atoms with Crippen LogP contribution in [0.5, 0.6) is 0 Å². The molecule has 14 heteroatoms. The van der Waals surface area contributed by atoms with Gasteiger partial charge in [0.15, 0.2) is 17.3 Å². The summed E-state index contributed by atoms with van der Waals surface area (Å²) in [5.74, 6) is 0.148. The maximum Gasteiger partial charge on any atom is 0.350 e. The summed E-state index contributed by atoms with van der Waals surface area (Å²) in [6, 6.07) is 10.8. The van der Waals surface area contributed by atoms with Gasteiger partial charge in [-0.1, -0.05) is 74.9 Å². The number of benzene rings is 1. The maximum absolute atomic E-state index is 15.3. The fraction of sp³-hybridized carbons (Fsp3) is 0.490. The molecule has 5 aliphatic rings. The number of guanidine groups is 1. The monoisotopic (exact) mass is 884 g/mol. The second-order valence-corrected chi connectivity index (χ2v) is 19.3. The third-order valence-electron chi connectivity index (χ3n) is 14.1. The second kappa shape index (κ2) is 18.7. The Bertz CT molecular complexity index is 2440. The van der Waals surface area contributed by atoms with Gasteiger partial charge in [-0.2, -0.15) is 0 Å². The van der Waals surface area contributed by atoms with Gasteiger partial charge in [0.2, 0.25) is 5.78 Å². The van der Waals surface area contributed by atoms with Crippen LogP contribution in [-0.2, 0) is 33.5 Å². The molecule has 0 bridgehead atoms. The normalized spacial score (nSPS) is 26.5. The maximum atomic E-state index is 15.3. The zero-order chi connectivity index (χ0) is 46.1. The second-order valence-electron chi connectivity index (χ2n) is 19.3. The molecule has 2 aliphatic heterocycles. The Labute approximate surface area is 382 Å². The molecule has 8 N–H and O–H groups in total. The third-order valence-corrected chi connectivity index (χ3v) is 14.1. The lowest BCUT2D eigenvalue weighted by Gasteiger charge is -2.36. The van der Waals surface area contributed by atoms with Crippen LogP contribution in [0, 0.1) is 17.3 Å². The molecule has 0 unspecified atom stereocenters. The van der Waals surface area contributed by atoms with Crippen molar-refractivity contribution in [2.24, 2.45) is 28.0 Å². The number of likely N-dealkylation sites (N-methyl/N-ethyl adjacent to an activating group) is 1. The topological polar surface area (TPSA) is 211 Å². The Hall–Kier alpha value is -5.70. The molecule has 65 heavy (non-hydrogen) atoms. The number of carbonyl (C=O) groups excluding carboxylic acids is 3. The number of allylic oxidation sites excluding steroid dienone is 3. The predicted molar refractivity (Wildman–Crippen MR) is 253 cm³/mol. The van der Waals surface area contributed by atoms with Crippen LogP contribution < -0.4 is 32.7 Å². The number of epoxide rings is 1. The summed E-state index contributed by atoms with van der Waals surface area (Å²) in [5, 5.41) is 13.7. The molecule has 2 aromatic heterocycles. The molecular weight excluding hydrogens is 819 g/mol. The van der Waals surface area contributed by atoms with E-state index in [1.807, 2.05) is 44.3 Å². The van der Waals surface area contributed by atoms with Gasteiger partial charge in [0.05, 0.1) is 18.8 Å². The number of aliphatic imine (C=N–C) groups is 1. The van der Waals surface area contributed by atoms with Gasteiger partial charge in [-0.3, -0.25) is 14.6 Å². The number of nitrogens with zero attached hydrogens (tertiary/aromatic N) is 3.